The van der Waals surface area contributed by atoms with Crippen LogP contribution in [0.4, 0.5) is 5.69 Å². The SMILES string of the molecule is Clc1cc2c(cc1Cl)N=C1CCCN1C2. The molecule has 2 aliphatic heterocycles. The monoisotopic (exact) mass is 240 g/mol. The maximum Gasteiger partial charge on any atom is 0.105 e. The molecule has 1 fully saturated rings. The van der Waals surface area contributed by atoms with Gasteiger partial charge in [-0.05, 0) is 24.1 Å². The molecule has 1 aromatic rings. The lowest BCUT2D eigenvalue weighted by Gasteiger charge is -2.25. The second kappa shape index (κ2) is 3.39. The fourth-order valence-electron chi connectivity index (χ4n) is 2.17. The highest BCUT2D eigenvalue weighted by Crippen LogP contribution is 2.35. The normalized spacial score (nSPS) is 18.5. The van der Waals surface area contributed by atoms with Crippen molar-refractivity contribution < 1.29 is 0 Å². The van der Waals surface area contributed by atoms with Crippen molar-refractivity contribution in [1.29, 1.82) is 0 Å². The van der Waals surface area contributed by atoms with Crippen molar-refractivity contribution in [1.82, 2.24) is 4.90 Å². The Bertz CT molecular complexity index is 454. The minimum absolute atomic E-state index is 0.589. The quantitative estimate of drug-likeness (QED) is 0.677. The summed E-state index contributed by atoms with van der Waals surface area (Å²) in [5.74, 6) is 1.20. The van der Waals surface area contributed by atoms with Gasteiger partial charge in [0, 0.05) is 19.5 Å². The fraction of sp³-hybridized carbons (Fsp3) is 0.364. The maximum absolute atomic E-state index is 5.99. The first-order valence-electron chi connectivity index (χ1n) is 5.04. The van der Waals surface area contributed by atoms with E-state index >= 15 is 0 Å². The van der Waals surface area contributed by atoms with Gasteiger partial charge in [0.25, 0.3) is 0 Å². The van der Waals surface area contributed by atoms with Gasteiger partial charge in [-0.2, -0.15) is 0 Å². The Morgan fingerprint density at radius 3 is 2.87 bits per heavy atom. The van der Waals surface area contributed by atoms with E-state index in [9.17, 15) is 0 Å². The van der Waals surface area contributed by atoms with Crippen LogP contribution in [0, 0.1) is 0 Å². The topological polar surface area (TPSA) is 15.6 Å². The van der Waals surface area contributed by atoms with Crippen LogP contribution in [0.25, 0.3) is 0 Å². The Labute approximate surface area is 98.5 Å². The van der Waals surface area contributed by atoms with Gasteiger partial charge >= 0.3 is 0 Å². The van der Waals surface area contributed by atoms with Crippen LogP contribution >= 0.6 is 23.2 Å². The zero-order valence-corrected chi connectivity index (χ0v) is 9.65. The summed E-state index contributed by atoms with van der Waals surface area (Å²) in [6.07, 6.45) is 2.29. The first-order valence-corrected chi connectivity index (χ1v) is 5.80. The Morgan fingerprint density at radius 2 is 2.00 bits per heavy atom. The number of halogens is 2. The van der Waals surface area contributed by atoms with Gasteiger partial charge in [-0.25, -0.2) is 4.99 Å². The largest absolute Gasteiger partial charge is 0.356 e. The van der Waals surface area contributed by atoms with Crippen molar-refractivity contribution in [2.75, 3.05) is 6.54 Å². The summed E-state index contributed by atoms with van der Waals surface area (Å²) in [5.41, 5.74) is 2.16. The molecular weight excluding hydrogens is 231 g/mol. The number of rotatable bonds is 0. The maximum atomic E-state index is 5.99. The molecule has 0 amide bonds. The molecule has 1 aromatic carbocycles. The molecule has 0 spiro atoms. The molecule has 0 N–H and O–H groups in total. The molecule has 0 aliphatic carbocycles. The fourth-order valence-corrected chi connectivity index (χ4v) is 2.51. The van der Waals surface area contributed by atoms with Crippen molar-refractivity contribution in [3.05, 3.63) is 27.7 Å². The molecule has 2 heterocycles. The minimum Gasteiger partial charge on any atom is -0.356 e. The third kappa shape index (κ3) is 1.52. The van der Waals surface area contributed by atoms with E-state index in [1.807, 2.05) is 12.1 Å². The summed E-state index contributed by atoms with van der Waals surface area (Å²) in [4.78, 5) is 6.92. The van der Waals surface area contributed by atoms with Gasteiger partial charge in [0.05, 0.1) is 15.7 Å². The molecule has 0 saturated carbocycles. The summed E-state index contributed by atoms with van der Waals surface area (Å²) in [6.45, 7) is 2.03. The number of fused-ring (bicyclic) bond motifs is 2. The van der Waals surface area contributed by atoms with Gasteiger partial charge in [0.2, 0.25) is 0 Å². The number of aliphatic imine (C=N–C) groups is 1. The summed E-state index contributed by atoms with van der Waals surface area (Å²) < 4.78 is 0. The standard InChI is InChI=1S/C11H10Cl2N2/c12-8-4-7-6-15-3-1-2-11(15)14-10(7)5-9(8)13/h4-5H,1-3,6H2. The van der Waals surface area contributed by atoms with E-state index in [0.29, 0.717) is 10.0 Å². The lowest BCUT2D eigenvalue weighted by Crippen LogP contribution is -2.26. The third-order valence-corrected chi connectivity index (χ3v) is 3.65. The van der Waals surface area contributed by atoms with Gasteiger partial charge in [-0.1, -0.05) is 23.2 Å². The molecule has 0 atom stereocenters. The van der Waals surface area contributed by atoms with Gasteiger partial charge in [0.1, 0.15) is 5.84 Å². The molecule has 1 saturated heterocycles. The first kappa shape index (κ1) is 9.49. The smallest absolute Gasteiger partial charge is 0.105 e. The number of amidine groups is 1. The Morgan fingerprint density at radius 1 is 1.20 bits per heavy atom. The van der Waals surface area contributed by atoms with E-state index in [2.05, 4.69) is 9.89 Å². The number of benzene rings is 1. The number of nitrogens with zero attached hydrogens (tertiary/aromatic N) is 2. The van der Waals surface area contributed by atoms with Crippen LogP contribution in [0.3, 0.4) is 0 Å². The molecule has 4 heteroatoms. The molecule has 2 nitrogen and oxygen atoms in total. The van der Waals surface area contributed by atoms with Crippen LogP contribution in [0.5, 0.6) is 0 Å². The Balaban J connectivity index is 2.11. The average Bonchev–Trinajstić information content (AvgIpc) is 2.63. The molecule has 2 aliphatic rings. The van der Waals surface area contributed by atoms with Crippen LogP contribution in [0.2, 0.25) is 10.0 Å². The highest BCUT2D eigenvalue weighted by atomic mass is 35.5. The third-order valence-electron chi connectivity index (χ3n) is 2.93. The minimum atomic E-state index is 0.589. The number of hydrogen-bond donors (Lipinski definition) is 0. The molecular formula is C11H10Cl2N2. The van der Waals surface area contributed by atoms with Crippen LogP contribution in [-0.2, 0) is 6.54 Å². The summed E-state index contributed by atoms with van der Waals surface area (Å²) in [6, 6.07) is 3.79. The first-order chi connectivity index (χ1) is 7.24. The summed E-state index contributed by atoms with van der Waals surface area (Å²) in [7, 11) is 0. The molecule has 0 aromatic heterocycles. The van der Waals surface area contributed by atoms with Crippen LogP contribution in [0.1, 0.15) is 18.4 Å². The lowest BCUT2D eigenvalue weighted by atomic mass is 10.1. The van der Waals surface area contributed by atoms with Crippen molar-refractivity contribution in [2.45, 2.75) is 19.4 Å². The second-order valence-corrected chi connectivity index (χ2v) is 4.76. The van der Waals surface area contributed by atoms with Crippen LogP contribution in [-0.4, -0.2) is 17.3 Å². The highest BCUT2D eigenvalue weighted by molar-refractivity contribution is 6.42. The molecule has 15 heavy (non-hydrogen) atoms. The number of hydrogen-bond acceptors (Lipinski definition) is 2. The van der Waals surface area contributed by atoms with E-state index in [0.717, 1.165) is 25.2 Å². The predicted molar refractivity (Wildman–Crippen MR) is 63.2 cm³/mol. The van der Waals surface area contributed by atoms with E-state index in [1.54, 1.807) is 0 Å². The zero-order chi connectivity index (χ0) is 10.4. The molecule has 0 bridgehead atoms. The summed E-state index contributed by atoms with van der Waals surface area (Å²) >= 11 is 12.0. The molecule has 0 radical (unpaired) electrons. The van der Waals surface area contributed by atoms with Crippen molar-refractivity contribution >= 4 is 34.7 Å². The van der Waals surface area contributed by atoms with Crippen molar-refractivity contribution in [3.63, 3.8) is 0 Å². The van der Waals surface area contributed by atoms with Gasteiger partial charge in [-0.3, -0.25) is 0 Å². The van der Waals surface area contributed by atoms with E-state index < -0.39 is 0 Å². The van der Waals surface area contributed by atoms with Crippen molar-refractivity contribution in [2.24, 2.45) is 4.99 Å². The molecule has 0 unspecified atom stereocenters. The molecule has 3 rings (SSSR count). The zero-order valence-electron chi connectivity index (χ0n) is 8.13. The molecule has 78 valence electrons. The van der Waals surface area contributed by atoms with Gasteiger partial charge in [0.15, 0.2) is 0 Å². The second-order valence-electron chi connectivity index (χ2n) is 3.95. The van der Waals surface area contributed by atoms with E-state index in [1.165, 1.54) is 17.8 Å². The predicted octanol–water partition coefficient (Wildman–Crippen LogP) is 3.63. The summed E-state index contributed by atoms with van der Waals surface area (Å²) in [5, 5.41) is 1.21. The van der Waals surface area contributed by atoms with Crippen molar-refractivity contribution in [3.8, 4) is 0 Å². The van der Waals surface area contributed by atoms with Crippen LogP contribution in [0.15, 0.2) is 17.1 Å². The van der Waals surface area contributed by atoms with Gasteiger partial charge in [-0.15, -0.1) is 0 Å². The Hall–Kier alpha value is -0.730. The highest BCUT2D eigenvalue weighted by Gasteiger charge is 2.24. The van der Waals surface area contributed by atoms with Gasteiger partial charge < -0.3 is 4.90 Å². The average molecular weight is 241 g/mol. The van der Waals surface area contributed by atoms with E-state index in [4.69, 9.17) is 23.2 Å². The lowest BCUT2D eigenvalue weighted by molar-refractivity contribution is 0.443. The van der Waals surface area contributed by atoms with E-state index in [-0.39, 0.29) is 0 Å². The Kier molecular flexibility index (Phi) is 2.15. The van der Waals surface area contributed by atoms with Crippen LogP contribution < -0.4 is 0 Å².